The van der Waals surface area contributed by atoms with Gasteiger partial charge in [-0.2, -0.15) is 0 Å². The van der Waals surface area contributed by atoms with Crippen molar-refractivity contribution in [2.45, 2.75) is 20.0 Å². The van der Waals surface area contributed by atoms with Gasteiger partial charge in [-0.25, -0.2) is 0 Å². The van der Waals surface area contributed by atoms with Crippen LogP contribution in [0.4, 0.5) is 0 Å². The van der Waals surface area contributed by atoms with Gasteiger partial charge in [0.15, 0.2) is 17.3 Å². The molecule has 30 heavy (non-hydrogen) atoms. The lowest BCUT2D eigenvalue weighted by Crippen LogP contribution is -2.12. The summed E-state index contributed by atoms with van der Waals surface area (Å²) in [7, 11) is 3.13. The fourth-order valence-corrected chi connectivity index (χ4v) is 3.54. The van der Waals surface area contributed by atoms with Crippen LogP contribution in [-0.4, -0.2) is 19.3 Å². The molecule has 5 nitrogen and oxygen atoms in total. The van der Waals surface area contributed by atoms with Crippen molar-refractivity contribution in [3.63, 3.8) is 0 Å². The van der Waals surface area contributed by atoms with Crippen LogP contribution in [0.3, 0.4) is 0 Å². The van der Waals surface area contributed by atoms with Crippen LogP contribution in [0, 0.1) is 6.92 Å². The van der Waals surface area contributed by atoms with Crippen molar-refractivity contribution >= 4 is 5.76 Å². The molecule has 0 unspecified atom stereocenters. The first kappa shape index (κ1) is 19.7. The molecule has 1 aliphatic heterocycles. The summed E-state index contributed by atoms with van der Waals surface area (Å²) in [5.74, 6) is 2.66. The molecule has 1 heterocycles. The molecule has 4 rings (SSSR count). The zero-order valence-electron chi connectivity index (χ0n) is 17.3. The number of benzene rings is 3. The number of aliphatic hydroxyl groups is 1. The predicted octanol–water partition coefficient (Wildman–Crippen LogP) is 5.45. The molecule has 0 atom stereocenters. The quantitative estimate of drug-likeness (QED) is 0.592. The van der Waals surface area contributed by atoms with Crippen molar-refractivity contribution in [3.8, 4) is 23.0 Å². The van der Waals surface area contributed by atoms with Crippen molar-refractivity contribution in [1.29, 1.82) is 0 Å². The Labute approximate surface area is 176 Å². The first-order chi connectivity index (χ1) is 14.6. The van der Waals surface area contributed by atoms with E-state index in [4.69, 9.17) is 18.9 Å². The lowest BCUT2D eigenvalue weighted by Gasteiger charge is -2.24. The average molecular weight is 404 g/mol. The van der Waals surface area contributed by atoms with Crippen LogP contribution in [-0.2, 0) is 13.0 Å². The Hall–Kier alpha value is -3.60. The molecule has 0 saturated carbocycles. The van der Waals surface area contributed by atoms with E-state index in [-0.39, 0.29) is 5.76 Å². The van der Waals surface area contributed by atoms with Gasteiger partial charge in [0.1, 0.15) is 18.1 Å². The monoisotopic (exact) mass is 404 g/mol. The summed E-state index contributed by atoms with van der Waals surface area (Å²) in [4.78, 5) is 0. The van der Waals surface area contributed by atoms with Gasteiger partial charge in [-0.05, 0) is 30.7 Å². The summed E-state index contributed by atoms with van der Waals surface area (Å²) < 4.78 is 23.3. The second kappa shape index (κ2) is 8.41. The minimum absolute atomic E-state index is 0.143. The lowest BCUT2D eigenvalue weighted by atomic mass is 10.0. The Bertz CT molecular complexity index is 1090. The fraction of sp³-hybridized carbons (Fsp3) is 0.200. The minimum Gasteiger partial charge on any atom is -0.508 e. The van der Waals surface area contributed by atoms with E-state index in [9.17, 15) is 5.11 Å². The number of methoxy groups -OCH3 is 2. The number of ether oxygens (including phenoxy) is 4. The van der Waals surface area contributed by atoms with Crippen molar-refractivity contribution in [2.75, 3.05) is 14.2 Å². The van der Waals surface area contributed by atoms with Crippen LogP contribution in [0.1, 0.15) is 22.3 Å². The maximum Gasteiger partial charge on any atom is 0.204 e. The van der Waals surface area contributed by atoms with Gasteiger partial charge < -0.3 is 24.1 Å². The number of hydrogen-bond donors (Lipinski definition) is 1. The van der Waals surface area contributed by atoms with Crippen LogP contribution in [0.15, 0.2) is 66.4 Å². The molecular formula is C25H24O5. The summed E-state index contributed by atoms with van der Waals surface area (Å²) in [6.45, 7) is 2.35. The van der Waals surface area contributed by atoms with E-state index < -0.39 is 0 Å². The van der Waals surface area contributed by atoms with E-state index >= 15 is 0 Å². The highest BCUT2D eigenvalue weighted by atomic mass is 16.5. The Kier molecular flexibility index (Phi) is 5.53. The van der Waals surface area contributed by atoms with Gasteiger partial charge in [0, 0.05) is 12.0 Å². The van der Waals surface area contributed by atoms with Crippen molar-refractivity contribution in [3.05, 3.63) is 88.7 Å². The molecule has 1 N–H and O–H groups in total. The van der Waals surface area contributed by atoms with Crippen LogP contribution in [0.2, 0.25) is 0 Å². The molecule has 0 amide bonds. The van der Waals surface area contributed by atoms with Gasteiger partial charge in [0.05, 0.1) is 19.8 Å². The van der Waals surface area contributed by atoms with Gasteiger partial charge in [-0.15, -0.1) is 0 Å². The van der Waals surface area contributed by atoms with E-state index in [1.165, 1.54) is 0 Å². The third-order valence-corrected chi connectivity index (χ3v) is 5.02. The average Bonchev–Trinajstić information content (AvgIpc) is 2.77. The summed E-state index contributed by atoms with van der Waals surface area (Å²) in [5.41, 5.74) is 3.68. The second-order valence-corrected chi connectivity index (χ2v) is 7.12. The molecule has 0 aromatic heterocycles. The highest BCUT2D eigenvalue weighted by Gasteiger charge is 2.27. The number of fused-ring (bicyclic) bond motifs is 1. The highest BCUT2D eigenvalue weighted by molar-refractivity contribution is 5.75. The number of aliphatic hydroxyl groups excluding tert-OH is 1. The Morgan fingerprint density at radius 1 is 0.933 bits per heavy atom. The van der Waals surface area contributed by atoms with Crippen LogP contribution in [0.25, 0.3) is 5.76 Å². The molecule has 0 radical (unpaired) electrons. The smallest absolute Gasteiger partial charge is 0.204 e. The topological polar surface area (TPSA) is 57.2 Å². The number of aryl methyl sites for hydroxylation is 1. The molecule has 0 fully saturated rings. The Morgan fingerprint density at radius 3 is 2.47 bits per heavy atom. The lowest BCUT2D eigenvalue weighted by molar-refractivity contribution is 0.272. The molecule has 3 aromatic rings. The third kappa shape index (κ3) is 3.79. The molecule has 1 aliphatic rings. The third-order valence-electron chi connectivity index (χ3n) is 5.02. The normalized spacial score (nSPS) is 12.8. The Morgan fingerprint density at radius 2 is 1.73 bits per heavy atom. The summed E-state index contributed by atoms with van der Waals surface area (Å²) in [6.07, 6.45) is 0.388. The van der Waals surface area contributed by atoms with Gasteiger partial charge >= 0.3 is 0 Å². The number of rotatable bonds is 6. The first-order valence-corrected chi connectivity index (χ1v) is 9.72. The molecule has 0 bridgehead atoms. The van der Waals surface area contributed by atoms with Gasteiger partial charge in [0.25, 0.3) is 0 Å². The molecule has 5 heteroatoms. The van der Waals surface area contributed by atoms with Crippen molar-refractivity contribution < 1.29 is 24.1 Å². The van der Waals surface area contributed by atoms with E-state index in [1.807, 2.05) is 61.5 Å². The summed E-state index contributed by atoms with van der Waals surface area (Å²) in [5, 5.41) is 10.8. The van der Waals surface area contributed by atoms with E-state index in [0.29, 0.717) is 41.6 Å². The van der Waals surface area contributed by atoms with Gasteiger partial charge in [-0.1, -0.05) is 48.0 Å². The highest BCUT2D eigenvalue weighted by Crippen LogP contribution is 2.45. The van der Waals surface area contributed by atoms with Gasteiger partial charge in [-0.3, -0.25) is 0 Å². The summed E-state index contributed by atoms with van der Waals surface area (Å²) >= 11 is 0. The molecule has 0 spiro atoms. The maximum atomic E-state index is 10.8. The SMILES string of the molecule is COc1ccc(C2=C(O)Cc3cc(C)ccc3O2)c(OCc2ccccc2)c1OC. The zero-order chi connectivity index (χ0) is 21.1. The Balaban J connectivity index is 1.76. The number of allylic oxidation sites excluding steroid dienone is 1. The summed E-state index contributed by atoms with van der Waals surface area (Å²) in [6, 6.07) is 19.4. The molecule has 0 saturated heterocycles. The van der Waals surface area contributed by atoms with E-state index in [0.717, 1.165) is 22.4 Å². The largest absolute Gasteiger partial charge is 0.508 e. The fourth-order valence-electron chi connectivity index (χ4n) is 3.54. The van der Waals surface area contributed by atoms with Crippen molar-refractivity contribution in [2.24, 2.45) is 0 Å². The second-order valence-electron chi connectivity index (χ2n) is 7.12. The molecular weight excluding hydrogens is 380 g/mol. The van der Waals surface area contributed by atoms with Crippen LogP contribution in [0.5, 0.6) is 23.0 Å². The molecule has 154 valence electrons. The standard InChI is InChI=1S/C25H24O5/c1-16-9-11-21-18(13-16)14-20(26)23(30-21)19-10-12-22(27-2)25(28-3)24(19)29-15-17-7-5-4-6-8-17/h4-13,26H,14-15H2,1-3H3. The molecule has 0 aliphatic carbocycles. The van der Waals surface area contributed by atoms with Crippen molar-refractivity contribution in [1.82, 2.24) is 0 Å². The minimum atomic E-state index is 0.143. The predicted molar refractivity (Wildman–Crippen MR) is 115 cm³/mol. The van der Waals surface area contributed by atoms with Crippen LogP contribution < -0.4 is 18.9 Å². The zero-order valence-corrected chi connectivity index (χ0v) is 17.3. The van der Waals surface area contributed by atoms with Gasteiger partial charge in [0.2, 0.25) is 5.75 Å². The van der Waals surface area contributed by atoms with Crippen LogP contribution >= 0.6 is 0 Å². The van der Waals surface area contributed by atoms with E-state index in [1.54, 1.807) is 20.3 Å². The molecule has 3 aromatic carbocycles. The van der Waals surface area contributed by atoms with E-state index in [2.05, 4.69) is 0 Å². The first-order valence-electron chi connectivity index (χ1n) is 9.72. The number of hydrogen-bond acceptors (Lipinski definition) is 5. The maximum absolute atomic E-state index is 10.8.